The van der Waals surface area contributed by atoms with Crippen LogP contribution in [-0.2, 0) is 0 Å². The minimum atomic E-state index is -4.76. The number of hydrogen-bond acceptors (Lipinski definition) is 5. The van der Waals surface area contributed by atoms with E-state index >= 15 is 0 Å². The average Bonchev–Trinajstić information content (AvgIpc) is 3.40. The highest BCUT2D eigenvalue weighted by atomic mass is 32.2. The highest BCUT2D eigenvalue weighted by Crippen LogP contribution is 2.33. The number of carbonyl (C=O) groups is 1. The third-order valence-electron chi connectivity index (χ3n) is 6.55. The van der Waals surface area contributed by atoms with E-state index in [1.165, 1.54) is 40.8 Å². The molecule has 0 saturated carbocycles. The van der Waals surface area contributed by atoms with Crippen LogP contribution in [0.2, 0.25) is 0 Å². The second-order valence-corrected chi connectivity index (χ2v) is 11.2. The van der Waals surface area contributed by atoms with Crippen LogP contribution in [0.5, 0.6) is 5.75 Å². The number of alkyl halides is 3. The summed E-state index contributed by atoms with van der Waals surface area (Å²) in [6.07, 6.45) is -3.29. The smallest absolute Gasteiger partial charge is 0.406 e. The van der Waals surface area contributed by atoms with Crippen LogP contribution in [0.15, 0.2) is 72.0 Å². The quantitative estimate of drug-likeness (QED) is 0.257. The first-order chi connectivity index (χ1) is 19.9. The number of aromatic nitrogens is 3. The van der Waals surface area contributed by atoms with Gasteiger partial charge in [0.05, 0.1) is 5.69 Å². The first-order valence-electron chi connectivity index (χ1n) is 13.2. The van der Waals surface area contributed by atoms with Gasteiger partial charge in [0.15, 0.2) is 11.0 Å². The van der Waals surface area contributed by atoms with E-state index in [1.807, 2.05) is 0 Å². The fourth-order valence-electron chi connectivity index (χ4n) is 4.88. The molecule has 1 unspecified atom stereocenters. The maximum Gasteiger partial charge on any atom is 0.573 e. The van der Waals surface area contributed by atoms with E-state index in [2.05, 4.69) is 69.9 Å². The molecule has 2 amide bonds. The molecular weight excluding hydrogens is 565 g/mol. The van der Waals surface area contributed by atoms with Gasteiger partial charge in [0.1, 0.15) is 12.1 Å². The molecule has 0 radical (unpaired) electrons. The van der Waals surface area contributed by atoms with E-state index in [1.54, 1.807) is 36.0 Å². The van der Waals surface area contributed by atoms with Gasteiger partial charge in [-0.15, -0.1) is 18.3 Å². The first kappa shape index (κ1) is 29.2. The second-order valence-electron chi connectivity index (χ2n) is 10.2. The average molecular weight is 595 g/mol. The Bertz CT molecular complexity index is 1590. The van der Waals surface area contributed by atoms with Gasteiger partial charge in [0, 0.05) is 29.2 Å². The predicted molar refractivity (Wildman–Crippen MR) is 160 cm³/mol. The molecule has 1 saturated heterocycles. The van der Waals surface area contributed by atoms with Crippen molar-refractivity contribution < 1.29 is 22.7 Å². The van der Waals surface area contributed by atoms with Gasteiger partial charge in [-0.1, -0.05) is 36.4 Å². The van der Waals surface area contributed by atoms with Crippen LogP contribution < -0.4 is 15.0 Å². The van der Waals surface area contributed by atoms with Crippen LogP contribution >= 0.6 is 11.8 Å². The molecule has 0 aliphatic carbocycles. The molecular formula is C30H29F3N6O2S. The standard InChI is InChI=1S/C30H29F3N6O2S/c1-18-13-20(3)26(21(4)14-18)38-15-19(2)16-42-29(38)36-28(40)35-23-7-5-22(6-8-23)27-34-17-39(37-27)24-9-11-25(12-10-24)41-30(31,32)33/h5-14,17,19H,15-16H2,1-4H3,(H,35,40)/b36-29-. The number of urea groups is 1. The van der Waals surface area contributed by atoms with Crippen LogP contribution in [-0.4, -0.2) is 44.6 Å². The molecule has 3 aromatic carbocycles. The molecule has 0 bridgehead atoms. The SMILES string of the molecule is Cc1cc(C)c(N2CC(C)CS/C2=N\C(=O)Nc2ccc(-c3ncn(-c4ccc(OC(F)(F)F)cc4)n3)cc2)c(C)c1. The van der Waals surface area contributed by atoms with Gasteiger partial charge < -0.3 is 15.0 Å². The molecule has 1 aromatic heterocycles. The van der Waals surface area contributed by atoms with Crippen molar-refractivity contribution in [1.82, 2.24) is 14.8 Å². The Balaban J connectivity index is 1.27. The highest BCUT2D eigenvalue weighted by Gasteiger charge is 2.31. The number of nitrogens with zero attached hydrogens (tertiary/aromatic N) is 5. The Morgan fingerprint density at radius 3 is 2.36 bits per heavy atom. The first-order valence-corrected chi connectivity index (χ1v) is 14.2. The number of amidine groups is 1. The molecule has 1 atom stereocenters. The summed E-state index contributed by atoms with van der Waals surface area (Å²) in [5, 5.41) is 7.92. The summed E-state index contributed by atoms with van der Waals surface area (Å²) in [6, 6.07) is 16.2. The van der Waals surface area contributed by atoms with Crippen molar-refractivity contribution in [2.24, 2.45) is 10.9 Å². The zero-order valence-corrected chi connectivity index (χ0v) is 24.3. The zero-order chi connectivity index (χ0) is 30.0. The van der Waals surface area contributed by atoms with Crippen LogP contribution in [0.4, 0.5) is 29.3 Å². The maximum atomic E-state index is 12.9. The molecule has 1 fully saturated rings. The van der Waals surface area contributed by atoms with Crippen molar-refractivity contribution in [2.75, 3.05) is 22.5 Å². The third-order valence-corrected chi connectivity index (χ3v) is 7.85. The van der Waals surface area contributed by atoms with E-state index in [4.69, 9.17) is 0 Å². The van der Waals surface area contributed by atoms with Crippen LogP contribution in [0.1, 0.15) is 23.6 Å². The number of benzene rings is 3. The monoisotopic (exact) mass is 594 g/mol. The summed E-state index contributed by atoms with van der Waals surface area (Å²) in [5.41, 5.74) is 6.37. The number of carbonyl (C=O) groups excluding carboxylic acids is 1. The van der Waals surface area contributed by atoms with Crippen molar-refractivity contribution in [2.45, 2.75) is 34.1 Å². The second kappa shape index (κ2) is 11.9. The number of hydrogen-bond donors (Lipinski definition) is 1. The lowest BCUT2D eigenvalue weighted by Gasteiger charge is -2.35. The summed E-state index contributed by atoms with van der Waals surface area (Å²) < 4.78 is 42.6. The summed E-state index contributed by atoms with van der Waals surface area (Å²) in [7, 11) is 0. The van der Waals surface area contributed by atoms with E-state index in [9.17, 15) is 18.0 Å². The number of aliphatic imine (C=N–C) groups is 1. The molecule has 1 aliphatic heterocycles. The number of rotatable bonds is 5. The molecule has 1 N–H and O–H groups in total. The number of amides is 2. The molecule has 2 heterocycles. The van der Waals surface area contributed by atoms with Gasteiger partial charge in [-0.25, -0.2) is 14.5 Å². The van der Waals surface area contributed by atoms with E-state index < -0.39 is 12.4 Å². The number of anilines is 2. The summed E-state index contributed by atoms with van der Waals surface area (Å²) in [6.45, 7) is 9.22. The van der Waals surface area contributed by atoms with Gasteiger partial charge in [0.2, 0.25) is 0 Å². The molecule has 5 rings (SSSR count). The summed E-state index contributed by atoms with van der Waals surface area (Å²) in [5.74, 6) is 1.42. The maximum absolute atomic E-state index is 12.9. The number of halogens is 3. The Hall–Kier alpha value is -4.32. The molecule has 0 spiro atoms. The lowest BCUT2D eigenvalue weighted by molar-refractivity contribution is -0.274. The fraction of sp³-hybridized carbons (Fsp3) is 0.267. The van der Waals surface area contributed by atoms with E-state index in [0.717, 1.165) is 29.1 Å². The largest absolute Gasteiger partial charge is 0.573 e. The van der Waals surface area contributed by atoms with Crippen molar-refractivity contribution in [1.29, 1.82) is 0 Å². The Labute approximate surface area is 245 Å². The van der Waals surface area contributed by atoms with Crippen LogP contribution in [0, 0.1) is 26.7 Å². The number of thioether (sulfide) groups is 1. The van der Waals surface area contributed by atoms with Gasteiger partial charge in [0.25, 0.3) is 0 Å². The predicted octanol–water partition coefficient (Wildman–Crippen LogP) is 7.54. The zero-order valence-electron chi connectivity index (χ0n) is 23.4. The minimum Gasteiger partial charge on any atom is -0.406 e. The third kappa shape index (κ3) is 6.93. The Kier molecular flexibility index (Phi) is 8.26. The van der Waals surface area contributed by atoms with Crippen molar-refractivity contribution in [3.63, 3.8) is 0 Å². The van der Waals surface area contributed by atoms with Gasteiger partial charge in [-0.3, -0.25) is 0 Å². The molecule has 4 aromatic rings. The summed E-state index contributed by atoms with van der Waals surface area (Å²) in [4.78, 5) is 23.8. The molecule has 1 aliphatic rings. The number of ether oxygens (including phenoxy) is 1. The van der Waals surface area contributed by atoms with Crippen molar-refractivity contribution in [3.05, 3.63) is 83.7 Å². The van der Waals surface area contributed by atoms with Crippen LogP contribution in [0.25, 0.3) is 17.1 Å². The van der Waals surface area contributed by atoms with Crippen molar-refractivity contribution in [3.8, 4) is 22.8 Å². The lowest BCUT2D eigenvalue weighted by atomic mass is 10.0. The van der Waals surface area contributed by atoms with Crippen molar-refractivity contribution >= 4 is 34.3 Å². The lowest BCUT2D eigenvalue weighted by Crippen LogP contribution is -2.40. The number of aryl methyl sites for hydroxylation is 3. The van der Waals surface area contributed by atoms with Gasteiger partial charge >= 0.3 is 12.4 Å². The normalized spacial score (nSPS) is 16.5. The fourth-order valence-corrected chi connectivity index (χ4v) is 5.88. The van der Waals surface area contributed by atoms with E-state index in [0.29, 0.717) is 33.8 Å². The van der Waals surface area contributed by atoms with E-state index in [-0.39, 0.29) is 5.75 Å². The van der Waals surface area contributed by atoms with Gasteiger partial charge in [-0.05, 0) is 86.3 Å². The minimum absolute atomic E-state index is 0.320. The molecule has 42 heavy (non-hydrogen) atoms. The number of nitrogens with one attached hydrogen (secondary N) is 1. The molecule has 218 valence electrons. The Morgan fingerprint density at radius 2 is 1.71 bits per heavy atom. The van der Waals surface area contributed by atoms with Crippen LogP contribution in [0.3, 0.4) is 0 Å². The topological polar surface area (TPSA) is 84.6 Å². The van der Waals surface area contributed by atoms with Gasteiger partial charge in [-0.2, -0.15) is 4.99 Å². The summed E-state index contributed by atoms with van der Waals surface area (Å²) >= 11 is 1.58. The Morgan fingerprint density at radius 1 is 1.05 bits per heavy atom. The highest BCUT2D eigenvalue weighted by molar-refractivity contribution is 8.14. The molecule has 12 heteroatoms. The molecule has 8 nitrogen and oxygen atoms in total.